The van der Waals surface area contributed by atoms with Crippen molar-refractivity contribution in [2.24, 2.45) is 0 Å². The average Bonchev–Trinajstić information content (AvgIpc) is 2.05. The smallest absolute Gasteiger partial charge is 0.218 e. The van der Waals surface area contributed by atoms with E-state index in [9.17, 15) is 4.79 Å². The lowest BCUT2D eigenvalue weighted by Gasteiger charge is -2.00. The quantitative estimate of drug-likeness (QED) is 0.461. The Morgan fingerprint density at radius 1 is 1.36 bits per heavy atom. The van der Waals surface area contributed by atoms with Crippen LogP contribution in [0.3, 0.4) is 0 Å². The largest absolute Gasteiger partial charge is 0.362 e. The number of Topliss-reactive ketones (excluding diaryl/α,β-unsaturated/α-hetero) is 1. The zero-order valence-electron chi connectivity index (χ0n) is 5.69. The van der Waals surface area contributed by atoms with Crippen molar-refractivity contribution < 1.29 is 15.0 Å². The Hall–Kier alpha value is -1.19. The van der Waals surface area contributed by atoms with Gasteiger partial charge in [-0.15, -0.1) is 0 Å². The molecule has 11 heavy (non-hydrogen) atoms. The van der Waals surface area contributed by atoms with Gasteiger partial charge in [0, 0.05) is 5.56 Å². The van der Waals surface area contributed by atoms with Gasteiger partial charge in [0.1, 0.15) is 0 Å². The Kier molecular flexibility index (Phi) is 2.36. The number of hydrogen-bond acceptors (Lipinski definition) is 3. The van der Waals surface area contributed by atoms with Gasteiger partial charge in [0.2, 0.25) is 12.1 Å². The van der Waals surface area contributed by atoms with Gasteiger partial charge in [0.25, 0.3) is 0 Å². The number of carbonyl (C=O) groups excluding carboxylic acids is 1. The number of rotatable bonds is 2. The summed E-state index contributed by atoms with van der Waals surface area (Å²) in [4.78, 5) is 10.8. The van der Waals surface area contributed by atoms with Gasteiger partial charge in [-0.1, -0.05) is 24.3 Å². The fourth-order valence-electron chi connectivity index (χ4n) is 0.700. The van der Waals surface area contributed by atoms with Crippen LogP contribution in [0.25, 0.3) is 0 Å². The topological polar surface area (TPSA) is 57.5 Å². The molecule has 0 heterocycles. The van der Waals surface area contributed by atoms with Gasteiger partial charge in [0.05, 0.1) is 0 Å². The molecule has 0 aliphatic carbocycles. The molecular weight excluding hydrogens is 144 g/mol. The molecule has 0 aromatic heterocycles. The fraction of sp³-hybridized carbons (Fsp3) is 0.125. The summed E-state index contributed by atoms with van der Waals surface area (Å²) in [6.07, 6.45) is -1.92. The van der Waals surface area contributed by atoms with E-state index < -0.39 is 12.1 Å². The summed E-state index contributed by atoms with van der Waals surface area (Å²) in [6.45, 7) is 0. The molecule has 0 atom stereocenters. The predicted octanol–water partition coefficient (Wildman–Crippen LogP) is -0.0198. The molecule has 2 N–H and O–H groups in total. The van der Waals surface area contributed by atoms with Gasteiger partial charge in [-0.2, -0.15) is 0 Å². The van der Waals surface area contributed by atoms with E-state index in [1.807, 2.05) is 0 Å². The number of aliphatic hydroxyl groups excluding tert-OH is 1. The lowest BCUT2D eigenvalue weighted by Crippen LogP contribution is -2.18. The van der Waals surface area contributed by atoms with Crippen molar-refractivity contribution in [3.05, 3.63) is 35.9 Å². The van der Waals surface area contributed by atoms with E-state index in [0.717, 1.165) is 0 Å². The van der Waals surface area contributed by atoms with Crippen LogP contribution in [0.1, 0.15) is 10.4 Å². The third kappa shape index (κ3) is 1.86. The fourth-order valence-corrected chi connectivity index (χ4v) is 0.700. The highest BCUT2D eigenvalue weighted by Crippen LogP contribution is 2.00. The van der Waals surface area contributed by atoms with Crippen molar-refractivity contribution in [3.63, 3.8) is 0 Å². The predicted molar refractivity (Wildman–Crippen MR) is 37.8 cm³/mol. The molecule has 0 amide bonds. The van der Waals surface area contributed by atoms with Crippen LogP contribution in [0.5, 0.6) is 0 Å². The molecule has 0 aliphatic rings. The number of aliphatic hydroxyl groups is 2. The molecule has 0 unspecified atom stereocenters. The molecule has 0 bridgehead atoms. The normalized spacial score (nSPS) is 10.1. The maximum absolute atomic E-state index is 10.8. The molecule has 0 fully saturated rings. The van der Waals surface area contributed by atoms with Crippen LogP contribution in [0.4, 0.5) is 0 Å². The summed E-state index contributed by atoms with van der Waals surface area (Å²) in [5.74, 6) is -0.695. The molecule has 0 saturated heterocycles. The Labute approximate surface area is 63.9 Å². The van der Waals surface area contributed by atoms with Gasteiger partial charge in [-0.05, 0) is 6.07 Å². The number of ketones is 1. The van der Waals surface area contributed by atoms with E-state index in [4.69, 9.17) is 10.2 Å². The molecule has 1 rings (SSSR count). The van der Waals surface area contributed by atoms with Crippen molar-refractivity contribution in [3.8, 4) is 0 Å². The molecular formula is C8H7O3. The first-order valence-electron chi connectivity index (χ1n) is 3.08. The third-order valence-corrected chi connectivity index (χ3v) is 1.24. The summed E-state index contributed by atoms with van der Waals surface area (Å²) in [6, 6.07) is 8.73. The van der Waals surface area contributed by atoms with Crippen molar-refractivity contribution in [2.45, 2.75) is 6.29 Å². The minimum absolute atomic E-state index is 0.277. The van der Waals surface area contributed by atoms with Crippen molar-refractivity contribution >= 4 is 5.78 Å². The summed E-state index contributed by atoms with van der Waals surface area (Å²) in [5, 5.41) is 16.9. The zero-order chi connectivity index (χ0) is 8.27. The molecule has 57 valence electrons. The number of hydrogen-bond donors (Lipinski definition) is 2. The second-order valence-corrected chi connectivity index (χ2v) is 2.03. The highest BCUT2D eigenvalue weighted by Gasteiger charge is 2.11. The van der Waals surface area contributed by atoms with Crippen LogP contribution in [0, 0.1) is 6.07 Å². The molecule has 1 radical (unpaired) electrons. The number of carbonyl (C=O) groups is 1. The maximum Gasteiger partial charge on any atom is 0.218 e. The van der Waals surface area contributed by atoms with Gasteiger partial charge >= 0.3 is 0 Å². The summed E-state index contributed by atoms with van der Waals surface area (Å²) < 4.78 is 0. The van der Waals surface area contributed by atoms with Crippen molar-refractivity contribution in [1.82, 2.24) is 0 Å². The second kappa shape index (κ2) is 3.27. The molecule has 3 nitrogen and oxygen atoms in total. The Morgan fingerprint density at radius 2 is 1.91 bits per heavy atom. The Balaban J connectivity index is 2.86. The SMILES string of the molecule is O=C(c1cc[c]cc1)C(O)O. The Bertz CT molecular complexity index is 241. The van der Waals surface area contributed by atoms with Gasteiger partial charge in [-0.25, -0.2) is 0 Å². The van der Waals surface area contributed by atoms with Crippen LogP contribution in [-0.4, -0.2) is 22.3 Å². The van der Waals surface area contributed by atoms with E-state index in [1.54, 1.807) is 0 Å². The molecule has 0 aliphatic heterocycles. The van der Waals surface area contributed by atoms with Crippen molar-refractivity contribution in [1.29, 1.82) is 0 Å². The third-order valence-electron chi connectivity index (χ3n) is 1.24. The first-order valence-corrected chi connectivity index (χ1v) is 3.08. The molecule has 1 aromatic rings. The van der Waals surface area contributed by atoms with E-state index in [2.05, 4.69) is 6.07 Å². The van der Waals surface area contributed by atoms with Gasteiger partial charge in [0.15, 0.2) is 0 Å². The van der Waals surface area contributed by atoms with E-state index in [-0.39, 0.29) is 5.56 Å². The van der Waals surface area contributed by atoms with E-state index >= 15 is 0 Å². The molecule has 0 spiro atoms. The summed E-state index contributed by atoms with van der Waals surface area (Å²) in [7, 11) is 0. The van der Waals surface area contributed by atoms with Gasteiger partial charge < -0.3 is 10.2 Å². The van der Waals surface area contributed by atoms with E-state index in [0.29, 0.717) is 0 Å². The molecule has 1 aromatic carbocycles. The highest BCUT2D eigenvalue weighted by atomic mass is 16.5. The van der Waals surface area contributed by atoms with Crippen LogP contribution in [-0.2, 0) is 0 Å². The monoisotopic (exact) mass is 151 g/mol. The second-order valence-electron chi connectivity index (χ2n) is 2.03. The summed E-state index contributed by atoms with van der Waals surface area (Å²) >= 11 is 0. The van der Waals surface area contributed by atoms with Crippen LogP contribution >= 0.6 is 0 Å². The minimum atomic E-state index is -1.92. The maximum atomic E-state index is 10.8. The molecule has 3 heteroatoms. The summed E-state index contributed by atoms with van der Waals surface area (Å²) in [5.41, 5.74) is 0.277. The first-order chi connectivity index (χ1) is 5.22. The van der Waals surface area contributed by atoms with Crippen LogP contribution < -0.4 is 0 Å². The lowest BCUT2D eigenvalue weighted by molar-refractivity contribution is -0.0195. The Morgan fingerprint density at radius 3 is 2.36 bits per heavy atom. The van der Waals surface area contributed by atoms with Crippen LogP contribution in [0.15, 0.2) is 24.3 Å². The average molecular weight is 151 g/mol. The minimum Gasteiger partial charge on any atom is -0.362 e. The molecule has 0 saturated carbocycles. The van der Waals surface area contributed by atoms with Crippen molar-refractivity contribution in [2.75, 3.05) is 0 Å². The van der Waals surface area contributed by atoms with Crippen LogP contribution in [0.2, 0.25) is 0 Å². The van der Waals surface area contributed by atoms with E-state index in [1.165, 1.54) is 24.3 Å². The standard InChI is InChI=1S/C8H7O3/c9-7(8(10)11)6-4-2-1-3-5-6/h2-5,8,10-11H. The van der Waals surface area contributed by atoms with Gasteiger partial charge in [-0.3, -0.25) is 4.79 Å². The highest BCUT2D eigenvalue weighted by molar-refractivity contribution is 5.98. The lowest BCUT2D eigenvalue weighted by atomic mass is 10.1. The zero-order valence-corrected chi connectivity index (χ0v) is 5.69. The number of benzene rings is 1. The first kappa shape index (κ1) is 7.91.